The lowest BCUT2D eigenvalue weighted by Gasteiger charge is -2.31. The number of pyridine rings is 1. The Bertz CT molecular complexity index is 679. The third kappa shape index (κ3) is 3.67. The van der Waals surface area contributed by atoms with E-state index in [0.29, 0.717) is 18.7 Å². The van der Waals surface area contributed by atoms with Gasteiger partial charge in [-0.15, -0.1) is 0 Å². The SMILES string of the molecule is CCC(CC)(CN)NC(=O)c1cc(C)n(Cc2ccccn2)c1C. The van der Waals surface area contributed by atoms with Crippen LogP contribution in [0.25, 0.3) is 0 Å². The lowest BCUT2D eigenvalue weighted by atomic mass is 9.92. The Hall–Kier alpha value is -2.14. The fourth-order valence-corrected chi connectivity index (χ4v) is 3.00. The predicted molar refractivity (Wildman–Crippen MR) is 97.1 cm³/mol. The Kier molecular flexibility index (Phi) is 5.78. The van der Waals surface area contributed by atoms with Gasteiger partial charge in [0.05, 0.1) is 23.3 Å². The van der Waals surface area contributed by atoms with Gasteiger partial charge in [0.2, 0.25) is 0 Å². The number of nitrogens with zero attached hydrogens (tertiary/aromatic N) is 2. The smallest absolute Gasteiger partial charge is 0.253 e. The minimum atomic E-state index is -0.333. The molecule has 0 spiro atoms. The molecular weight excluding hydrogens is 300 g/mol. The van der Waals surface area contributed by atoms with Crippen LogP contribution in [-0.2, 0) is 6.54 Å². The summed E-state index contributed by atoms with van der Waals surface area (Å²) < 4.78 is 2.12. The van der Waals surface area contributed by atoms with Crippen molar-refractivity contribution in [3.05, 3.63) is 53.1 Å². The van der Waals surface area contributed by atoms with Gasteiger partial charge in [-0.2, -0.15) is 0 Å². The molecule has 0 saturated heterocycles. The minimum absolute atomic E-state index is 0.0514. The second-order valence-electron chi connectivity index (χ2n) is 6.34. The van der Waals surface area contributed by atoms with E-state index >= 15 is 0 Å². The van der Waals surface area contributed by atoms with Crippen LogP contribution in [0.4, 0.5) is 0 Å². The van der Waals surface area contributed by atoms with E-state index in [2.05, 4.69) is 28.7 Å². The van der Waals surface area contributed by atoms with Gasteiger partial charge in [0.1, 0.15) is 0 Å². The van der Waals surface area contributed by atoms with Crippen LogP contribution < -0.4 is 11.1 Å². The fourth-order valence-electron chi connectivity index (χ4n) is 3.00. The van der Waals surface area contributed by atoms with Gasteiger partial charge in [0, 0.05) is 24.1 Å². The van der Waals surface area contributed by atoms with Crippen molar-refractivity contribution in [3.63, 3.8) is 0 Å². The van der Waals surface area contributed by atoms with Crippen LogP contribution in [0, 0.1) is 13.8 Å². The normalized spacial score (nSPS) is 11.5. The highest BCUT2D eigenvalue weighted by molar-refractivity contribution is 5.96. The van der Waals surface area contributed by atoms with Gasteiger partial charge in [0.25, 0.3) is 5.91 Å². The summed E-state index contributed by atoms with van der Waals surface area (Å²) in [6.07, 6.45) is 3.42. The van der Waals surface area contributed by atoms with Gasteiger partial charge in [-0.3, -0.25) is 9.78 Å². The van der Waals surface area contributed by atoms with Crippen LogP contribution in [0.3, 0.4) is 0 Å². The second kappa shape index (κ2) is 7.62. The number of hydrogen-bond acceptors (Lipinski definition) is 3. The number of nitrogens with two attached hydrogens (primary N) is 1. The van der Waals surface area contributed by atoms with Crippen molar-refractivity contribution in [2.75, 3.05) is 6.54 Å². The van der Waals surface area contributed by atoms with Crippen molar-refractivity contribution < 1.29 is 4.79 Å². The van der Waals surface area contributed by atoms with Gasteiger partial charge >= 0.3 is 0 Å². The molecule has 2 rings (SSSR count). The molecule has 2 aromatic heterocycles. The maximum absolute atomic E-state index is 12.8. The van der Waals surface area contributed by atoms with Crippen molar-refractivity contribution in [3.8, 4) is 0 Å². The number of aryl methyl sites for hydroxylation is 1. The Labute approximate surface area is 144 Å². The molecule has 5 nitrogen and oxygen atoms in total. The summed E-state index contributed by atoms with van der Waals surface area (Å²) >= 11 is 0. The molecule has 0 fully saturated rings. The van der Waals surface area contributed by atoms with Crippen LogP contribution in [-0.4, -0.2) is 27.5 Å². The number of aromatic nitrogens is 2. The second-order valence-corrected chi connectivity index (χ2v) is 6.34. The lowest BCUT2D eigenvalue weighted by Crippen LogP contribution is -2.52. The molecule has 130 valence electrons. The number of hydrogen-bond donors (Lipinski definition) is 2. The maximum Gasteiger partial charge on any atom is 0.253 e. The third-order valence-corrected chi connectivity index (χ3v) is 4.99. The van der Waals surface area contributed by atoms with Gasteiger partial charge in [0.15, 0.2) is 0 Å². The standard InChI is InChI=1S/C19H28N4O/c1-5-19(6-2,13-20)22-18(24)17-11-14(3)23(15(17)4)12-16-9-7-8-10-21-16/h7-11H,5-6,12-13,20H2,1-4H3,(H,22,24). The molecule has 0 bridgehead atoms. The highest BCUT2D eigenvalue weighted by Crippen LogP contribution is 2.19. The average Bonchev–Trinajstić information content (AvgIpc) is 2.89. The van der Waals surface area contributed by atoms with E-state index in [1.165, 1.54) is 0 Å². The van der Waals surface area contributed by atoms with Crippen molar-refractivity contribution in [2.45, 2.75) is 52.6 Å². The van der Waals surface area contributed by atoms with Crippen LogP contribution in [0.2, 0.25) is 0 Å². The van der Waals surface area contributed by atoms with E-state index < -0.39 is 0 Å². The first-order valence-electron chi connectivity index (χ1n) is 8.55. The predicted octanol–water partition coefficient (Wildman–Crippen LogP) is 2.80. The van der Waals surface area contributed by atoms with E-state index in [1.54, 1.807) is 6.20 Å². The Morgan fingerprint density at radius 2 is 2.00 bits per heavy atom. The zero-order chi connectivity index (χ0) is 17.7. The summed E-state index contributed by atoms with van der Waals surface area (Å²) in [6.45, 7) is 9.21. The molecule has 0 aliphatic carbocycles. The van der Waals surface area contributed by atoms with E-state index in [4.69, 9.17) is 5.73 Å². The fraction of sp³-hybridized carbons (Fsp3) is 0.474. The topological polar surface area (TPSA) is 72.9 Å². The van der Waals surface area contributed by atoms with Crippen molar-refractivity contribution in [1.82, 2.24) is 14.9 Å². The number of carbonyl (C=O) groups is 1. The van der Waals surface area contributed by atoms with Crippen LogP contribution in [0.15, 0.2) is 30.5 Å². The summed E-state index contributed by atoms with van der Waals surface area (Å²) in [5.41, 5.74) is 9.26. The molecular formula is C19H28N4O. The van der Waals surface area contributed by atoms with Crippen LogP contribution in [0.1, 0.15) is 54.1 Å². The van der Waals surface area contributed by atoms with Crippen LogP contribution in [0.5, 0.6) is 0 Å². The molecule has 0 atom stereocenters. The van der Waals surface area contributed by atoms with Crippen molar-refractivity contribution in [2.24, 2.45) is 5.73 Å². The van der Waals surface area contributed by atoms with E-state index in [-0.39, 0.29) is 11.4 Å². The summed E-state index contributed by atoms with van der Waals surface area (Å²) in [7, 11) is 0. The number of carbonyl (C=O) groups excluding carboxylic acids is 1. The first-order valence-corrected chi connectivity index (χ1v) is 8.55. The molecule has 24 heavy (non-hydrogen) atoms. The highest BCUT2D eigenvalue weighted by Gasteiger charge is 2.28. The molecule has 0 unspecified atom stereocenters. The molecule has 0 radical (unpaired) electrons. The summed E-state index contributed by atoms with van der Waals surface area (Å²) in [5.74, 6) is -0.0514. The maximum atomic E-state index is 12.8. The monoisotopic (exact) mass is 328 g/mol. The first-order chi connectivity index (χ1) is 11.5. The molecule has 0 aromatic carbocycles. The molecule has 1 amide bonds. The zero-order valence-corrected chi connectivity index (χ0v) is 15.1. The largest absolute Gasteiger partial charge is 0.345 e. The minimum Gasteiger partial charge on any atom is -0.345 e. The number of rotatable bonds is 7. The Balaban J connectivity index is 2.26. The average molecular weight is 328 g/mol. The van der Waals surface area contributed by atoms with E-state index in [9.17, 15) is 4.79 Å². The summed E-state index contributed by atoms with van der Waals surface area (Å²) in [6, 6.07) is 7.81. The molecule has 2 heterocycles. The van der Waals surface area contributed by atoms with Gasteiger partial charge in [-0.1, -0.05) is 19.9 Å². The van der Waals surface area contributed by atoms with Crippen LogP contribution >= 0.6 is 0 Å². The van der Waals surface area contributed by atoms with Crippen molar-refractivity contribution >= 4 is 5.91 Å². The Morgan fingerprint density at radius 1 is 1.29 bits per heavy atom. The zero-order valence-electron chi connectivity index (χ0n) is 15.1. The highest BCUT2D eigenvalue weighted by atomic mass is 16.1. The molecule has 0 aliphatic rings. The number of amides is 1. The molecule has 2 aromatic rings. The van der Waals surface area contributed by atoms with E-state index in [0.717, 1.165) is 29.9 Å². The Morgan fingerprint density at radius 3 is 2.54 bits per heavy atom. The van der Waals surface area contributed by atoms with E-state index in [1.807, 2.05) is 38.1 Å². The first kappa shape index (κ1) is 18.2. The molecule has 5 heteroatoms. The summed E-state index contributed by atoms with van der Waals surface area (Å²) in [4.78, 5) is 17.2. The molecule has 0 aliphatic heterocycles. The summed E-state index contributed by atoms with van der Waals surface area (Å²) in [5, 5.41) is 3.15. The van der Waals surface area contributed by atoms with Gasteiger partial charge < -0.3 is 15.6 Å². The van der Waals surface area contributed by atoms with Gasteiger partial charge in [-0.05, 0) is 44.9 Å². The van der Waals surface area contributed by atoms with Crippen molar-refractivity contribution in [1.29, 1.82) is 0 Å². The lowest BCUT2D eigenvalue weighted by molar-refractivity contribution is 0.0894. The molecule has 0 saturated carbocycles. The quantitative estimate of drug-likeness (QED) is 0.821. The van der Waals surface area contributed by atoms with Gasteiger partial charge in [-0.25, -0.2) is 0 Å². The molecule has 3 N–H and O–H groups in total. The number of nitrogens with one attached hydrogen (secondary N) is 1. The third-order valence-electron chi connectivity index (χ3n) is 4.99.